The molecule has 1 rings (SSSR count). The molecule has 1 saturated heterocycles. The van der Waals surface area contributed by atoms with Gasteiger partial charge in [-0.15, -0.1) is 0 Å². The van der Waals surface area contributed by atoms with Crippen LogP contribution in [0, 0.1) is 0 Å². The van der Waals surface area contributed by atoms with Crippen LogP contribution in [0.3, 0.4) is 0 Å². The lowest BCUT2D eigenvalue weighted by Gasteiger charge is -2.29. The summed E-state index contributed by atoms with van der Waals surface area (Å²) in [6.07, 6.45) is -1.90. The first kappa shape index (κ1) is 20.7. The standard InChI is InChI=1S/C14H28O9/c15-1-5-19-9-11(20-6-2-16)14-13(22-8-4-18)12(10-23-14)21-7-3-17/h11-18H,1-10H2/t11?,12-,13+,14?/m1/s1. The van der Waals surface area contributed by atoms with E-state index in [4.69, 9.17) is 44.1 Å². The maximum Gasteiger partial charge on any atom is 0.115 e. The van der Waals surface area contributed by atoms with E-state index in [0.717, 1.165) is 0 Å². The van der Waals surface area contributed by atoms with E-state index in [1.807, 2.05) is 0 Å². The Morgan fingerprint density at radius 3 is 2.17 bits per heavy atom. The number of aliphatic hydroxyl groups is 4. The van der Waals surface area contributed by atoms with E-state index in [2.05, 4.69) is 0 Å². The van der Waals surface area contributed by atoms with Crippen LogP contribution in [0.15, 0.2) is 0 Å². The topological polar surface area (TPSA) is 127 Å². The van der Waals surface area contributed by atoms with E-state index in [1.54, 1.807) is 0 Å². The van der Waals surface area contributed by atoms with Crippen LogP contribution in [-0.4, -0.2) is 111 Å². The summed E-state index contributed by atoms with van der Waals surface area (Å²) < 4.78 is 27.7. The first-order valence-corrected chi connectivity index (χ1v) is 7.76. The highest BCUT2D eigenvalue weighted by molar-refractivity contribution is 4.91. The van der Waals surface area contributed by atoms with Gasteiger partial charge in [0.25, 0.3) is 0 Å². The SMILES string of the molecule is OCCOCC(OCCO)C1OC[C@@H](OCCO)[C@@H]1OCCO. The summed E-state index contributed by atoms with van der Waals surface area (Å²) in [5, 5.41) is 35.6. The molecule has 1 aliphatic heterocycles. The maximum atomic E-state index is 8.97. The molecule has 1 fully saturated rings. The van der Waals surface area contributed by atoms with Crippen LogP contribution >= 0.6 is 0 Å². The Kier molecular flexibility index (Phi) is 11.7. The minimum Gasteiger partial charge on any atom is -0.394 e. The van der Waals surface area contributed by atoms with Gasteiger partial charge in [-0.05, 0) is 0 Å². The van der Waals surface area contributed by atoms with E-state index in [9.17, 15) is 0 Å². The normalized spacial score (nSPS) is 25.8. The lowest BCUT2D eigenvalue weighted by molar-refractivity contribution is -0.135. The molecule has 1 aliphatic rings. The van der Waals surface area contributed by atoms with Crippen molar-refractivity contribution in [3.8, 4) is 0 Å². The van der Waals surface area contributed by atoms with Gasteiger partial charge in [0.05, 0.1) is 66.1 Å². The second-order valence-electron chi connectivity index (χ2n) is 4.92. The van der Waals surface area contributed by atoms with Gasteiger partial charge in [-0.25, -0.2) is 0 Å². The maximum absolute atomic E-state index is 8.97. The molecular weight excluding hydrogens is 312 g/mol. The van der Waals surface area contributed by atoms with Gasteiger partial charge in [-0.1, -0.05) is 0 Å². The van der Waals surface area contributed by atoms with E-state index >= 15 is 0 Å². The quantitative estimate of drug-likeness (QED) is 0.254. The Morgan fingerprint density at radius 1 is 0.870 bits per heavy atom. The predicted octanol–water partition coefficient (Wildman–Crippen LogP) is -2.47. The summed E-state index contributed by atoms with van der Waals surface area (Å²) in [6, 6.07) is 0. The van der Waals surface area contributed by atoms with Crippen LogP contribution in [0.4, 0.5) is 0 Å². The van der Waals surface area contributed by atoms with Gasteiger partial charge in [0.2, 0.25) is 0 Å². The monoisotopic (exact) mass is 340 g/mol. The molecular formula is C14H28O9. The minimum atomic E-state index is -0.514. The van der Waals surface area contributed by atoms with Gasteiger partial charge in [0.1, 0.15) is 24.4 Å². The van der Waals surface area contributed by atoms with Crippen molar-refractivity contribution in [1.82, 2.24) is 0 Å². The van der Waals surface area contributed by atoms with Gasteiger partial charge in [0, 0.05) is 0 Å². The third-order valence-electron chi connectivity index (χ3n) is 3.28. The zero-order valence-electron chi connectivity index (χ0n) is 13.2. The molecule has 0 aromatic rings. The third kappa shape index (κ3) is 7.38. The summed E-state index contributed by atoms with van der Waals surface area (Å²) >= 11 is 0. The number of ether oxygens (including phenoxy) is 5. The van der Waals surface area contributed by atoms with Crippen molar-refractivity contribution >= 4 is 0 Å². The zero-order valence-corrected chi connectivity index (χ0v) is 13.2. The van der Waals surface area contributed by atoms with Crippen LogP contribution in [-0.2, 0) is 23.7 Å². The largest absolute Gasteiger partial charge is 0.394 e. The summed E-state index contributed by atoms with van der Waals surface area (Å²) in [6.45, 7) is 0.478. The first-order chi connectivity index (χ1) is 11.3. The molecule has 9 nitrogen and oxygen atoms in total. The fourth-order valence-electron chi connectivity index (χ4n) is 2.37. The van der Waals surface area contributed by atoms with Gasteiger partial charge < -0.3 is 44.1 Å². The molecule has 1 heterocycles. The van der Waals surface area contributed by atoms with Gasteiger partial charge in [-0.2, -0.15) is 0 Å². The van der Waals surface area contributed by atoms with Crippen LogP contribution < -0.4 is 0 Å². The first-order valence-electron chi connectivity index (χ1n) is 7.76. The Bertz CT molecular complexity index is 279. The molecule has 0 aromatic carbocycles. The smallest absolute Gasteiger partial charge is 0.115 e. The van der Waals surface area contributed by atoms with Crippen molar-refractivity contribution in [2.45, 2.75) is 24.4 Å². The Balaban J connectivity index is 2.66. The summed E-state index contributed by atoms with van der Waals surface area (Å²) in [5.41, 5.74) is 0. The zero-order chi connectivity index (χ0) is 16.9. The van der Waals surface area contributed by atoms with Crippen molar-refractivity contribution in [3.63, 3.8) is 0 Å². The van der Waals surface area contributed by atoms with E-state index in [0.29, 0.717) is 0 Å². The summed E-state index contributed by atoms with van der Waals surface area (Å²) in [4.78, 5) is 0. The van der Waals surface area contributed by atoms with E-state index in [1.165, 1.54) is 0 Å². The van der Waals surface area contributed by atoms with Crippen molar-refractivity contribution < 1.29 is 44.1 Å². The Labute approximate surface area is 135 Å². The highest BCUT2D eigenvalue weighted by Gasteiger charge is 2.43. The number of hydrogen-bond donors (Lipinski definition) is 4. The van der Waals surface area contributed by atoms with Crippen LogP contribution in [0.5, 0.6) is 0 Å². The van der Waals surface area contributed by atoms with Crippen LogP contribution in [0.2, 0.25) is 0 Å². The molecule has 0 spiro atoms. The van der Waals surface area contributed by atoms with E-state index in [-0.39, 0.29) is 66.1 Å². The number of hydrogen-bond acceptors (Lipinski definition) is 9. The van der Waals surface area contributed by atoms with Crippen LogP contribution in [0.25, 0.3) is 0 Å². The Morgan fingerprint density at radius 2 is 1.52 bits per heavy atom. The molecule has 2 unspecified atom stereocenters. The van der Waals surface area contributed by atoms with Crippen molar-refractivity contribution in [2.24, 2.45) is 0 Å². The summed E-state index contributed by atoms with van der Waals surface area (Å²) in [7, 11) is 0. The molecule has 0 bridgehead atoms. The number of aliphatic hydroxyl groups excluding tert-OH is 4. The van der Waals surface area contributed by atoms with Gasteiger partial charge in [-0.3, -0.25) is 0 Å². The average Bonchev–Trinajstić information content (AvgIpc) is 2.96. The predicted molar refractivity (Wildman–Crippen MR) is 78.1 cm³/mol. The molecule has 0 aliphatic carbocycles. The fraction of sp³-hybridized carbons (Fsp3) is 1.00. The molecule has 23 heavy (non-hydrogen) atoms. The fourth-order valence-corrected chi connectivity index (χ4v) is 2.37. The summed E-state index contributed by atoms with van der Waals surface area (Å²) in [5.74, 6) is 0. The second-order valence-corrected chi connectivity index (χ2v) is 4.92. The molecule has 138 valence electrons. The molecule has 9 heteroatoms. The van der Waals surface area contributed by atoms with Crippen LogP contribution in [0.1, 0.15) is 0 Å². The molecule has 4 atom stereocenters. The second kappa shape index (κ2) is 13.0. The molecule has 4 N–H and O–H groups in total. The molecule has 0 amide bonds. The lowest BCUT2D eigenvalue weighted by Crippen LogP contribution is -2.45. The van der Waals surface area contributed by atoms with Gasteiger partial charge in [0.15, 0.2) is 0 Å². The van der Waals surface area contributed by atoms with Crippen molar-refractivity contribution in [2.75, 3.05) is 66.1 Å². The highest BCUT2D eigenvalue weighted by Crippen LogP contribution is 2.25. The molecule has 0 aromatic heterocycles. The average molecular weight is 340 g/mol. The Hall–Kier alpha value is -0.360. The van der Waals surface area contributed by atoms with Crippen molar-refractivity contribution in [1.29, 1.82) is 0 Å². The molecule has 0 saturated carbocycles. The number of rotatable bonds is 14. The minimum absolute atomic E-state index is 0.106. The lowest BCUT2D eigenvalue weighted by atomic mass is 10.1. The van der Waals surface area contributed by atoms with Crippen molar-refractivity contribution in [3.05, 3.63) is 0 Å². The highest BCUT2D eigenvalue weighted by atomic mass is 16.6. The third-order valence-corrected chi connectivity index (χ3v) is 3.28. The van der Waals surface area contributed by atoms with E-state index < -0.39 is 24.4 Å². The molecule has 0 radical (unpaired) electrons. The van der Waals surface area contributed by atoms with Gasteiger partial charge >= 0.3 is 0 Å².